The number of benzene rings is 1. The average Bonchev–Trinajstić information content (AvgIpc) is 2.64. The zero-order valence-electron chi connectivity index (χ0n) is 14.7. The Morgan fingerprint density at radius 2 is 2.28 bits per heavy atom. The highest BCUT2D eigenvalue weighted by atomic mass is 32.1. The zero-order chi connectivity index (χ0) is 18.4. The molecule has 25 heavy (non-hydrogen) atoms. The number of ether oxygens (including phenoxy) is 3. The van der Waals surface area contributed by atoms with E-state index in [4.69, 9.17) is 26.4 Å². The van der Waals surface area contributed by atoms with Gasteiger partial charge in [-0.3, -0.25) is 4.79 Å². The van der Waals surface area contributed by atoms with Crippen LogP contribution in [0.2, 0.25) is 0 Å². The van der Waals surface area contributed by atoms with Gasteiger partial charge in [0, 0.05) is 18.5 Å². The van der Waals surface area contributed by atoms with Crippen molar-refractivity contribution in [1.82, 2.24) is 10.2 Å². The first-order valence-electron chi connectivity index (χ1n) is 8.10. The van der Waals surface area contributed by atoms with E-state index in [1.165, 1.54) is 0 Å². The van der Waals surface area contributed by atoms with Gasteiger partial charge in [-0.25, -0.2) is 0 Å². The van der Waals surface area contributed by atoms with Crippen LogP contribution in [0.25, 0.3) is 0 Å². The van der Waals surface area contributed by atoms with Crippen molar-refractivity contribution < 1.29 is 24.1 Å². The number of nitrogens with one attached hydrogen (secondary N) is 1. The number of methoxy groups -OCH3 is 1. The molecule has 0 aliphatic carbocycles. The molecule has 2 rings (SSSR count). The third-order valence-electron chi connectivity index (χ3n) is 4.10. The molecule has 0 amide bonds. The summed E-state index contributed by atoms with van der Waals surface area (Å²) in [6.45, 7) is 2.36. The standard InChI is InChI=1S/C17H24N2O5S/c1-4-23-14(21)8-18-17(25)19(2)15-11(9-20)10-24-16-12(15)6-5-7-13(16)22-3/h5-7,11,15,20H,4,8-10H2,1-3H3,(H,18,25)/t11-,15-/m1/s1. The first-order chi connectivity index (χ1) is 12.0. The highest BCUT2D eigenvalue weighted by Crippen LogP contribution is 2.43. The summed E-state index contributed by atoms with van der Waals surface area (Å²) in [5.41, 5.74) is 0.882. The van der Waals surface area contributed by atoms with Gasteiger partial charge in [-0.1, -0.05) is 12.1 Å². The summed E-state index contributed by atoms with van der Waals surface area (Å²) in [4.78, 5) is 13.3. The predicted molar refractivity (Wildman–Crippen MR) is 96.8 cm³/mol. The number of rotatable bonds is 6. The first-order valence-corrected chi connectivity index (χ1v) is 8.51. The van der Waals surface area contributed by atoms with Crippen LogP contribution in [0.5, 0.6) is 11.5 Å². The SMILES string of the molecule is CCOC(=O)CNC(=S)N(C)[C@H]1c2cccc(OC)c2OC[C@H]1CO. The fourth-order valence-electron chi connectivity index (χ4n) is 2.90. The molecule has 0 unspecified atom stereocenters. The molecule has 0 aromatic heterocycles. The number of aliphatic hydroxyl groups is 1. The van der Waals surface area contributed by atoms with Crippen LogP contribution < -0.4 is 14.8 Å². The van der Waals surface area contributed by atoms with E-state index in [2.05, 4.69) is 5.32 Å². The van der Waals surface area contributed by atoms with Crippen molar-refractivity contribution >= 4 is 23.3 Å². The number of carbonyl (C=O) groups excluding carboxylic acids is 1. The van der Waals surface area contributed by atoms with Crippen LogP contribution in [-0.4, -0.2) is 61.6 Å². The Balaban J connectivity index is 2.20. The fourth-order valence-corrected chi connectivity index (χ4v) is 3.09. The van der Waals surface area contributed by atoms with Crippen LogP contribution in [0.4, 0.5) is 0 Å². The molecule has 0 bridgehead atoms. The summed E-state index contributed by atoms with van der Waals surface area (Å²) in [7, 11) is 3.41. The largest absolute Gasteiger partial charge is 0.493 e. The van der Waals surface area contributed by atoms with Gasteiger partial charge in [0.05, 0.1) is 33.0 Å². The zero-order valence-corrected chi connectivity index (χ0v) is 15.5. The molecule has 1 aromatic carbocycles. The van der Waals surface area contributed by atoms with Crippen molar-refractivity contribution in [3.8, 4) is 11.5 Å². The third-order valence-corrected chi connectivity index (χ3v) is 4.53. The van der Waals surface area contributed by atoms with E-state index in [1.54, 1.807) is 14.0 Å². The second-order valence-corrected chi connectivity index (χ2v) is 6.04. The molecule has 0 radical (unpaired) electrons. The Bertz CT molecular complexity index is 625. The molecule has 1 aliphatic rings. The lowest BCUT2D eigenvalue weighted by molar-refractivity contribution is -0.141. The average molecular weight is 368 g/mol. The number of esters is 1. The van der Waals surface area contributed by atoms with Crippen LogP contribution in [0.15, 0.2) is 18.2 Å². The molecule has 0 saturated heterocycles. The number of nitrogens with zero attached hydrogens (tertiary/aromatic N) is 1. The molecule has 7 nitrogen and oxygen atoms in total. The van der Waals surface area contributed by atoms with E-state index in [0.29, 0.717) is 29.8 Å². The Hall–Kier alpha value is -2.06. The molecular formula is C17H24N2O5S. The van der Waals surface area contributed by atoms with E-state index in [-0.39, 0.29) is 31.1 Å². The Morgan fingerprint density at radius 3 is 2.92 bits per heavy atom. The smallest absolute Gasteiger partial charge is 0.325 e. The summed E-state index contributed by atoms with van der Waals surface area (Å²) >= 11 is 5.40. The topological polar surface area (TPSA) is 80.3 Å². The lowest BCUT2D eigenvalue weighted by atomic mass is 9.90. The first kappa shape index (κ1) is 19.3. The van der Waals surface area contributed by atoms with Crippen molar-refractivity contribution in [1.29, 1.82) is 0 Å². The second-order valence-electron chi connectivity index (χ2n) is 5.65. The number of thiocarbonyl (C=S) groups is 1. The minimum Gasteiger partial charge on any atom is -0.493 e. The summed E-state index contributed by atoms with van der Waals surface area (Å²) in [6, 6.07) is 5.42. The fraction of sp³-hybridized carbons (Fsp3) is 0.529. The molecule has 138 valence electrons. The lowest BCUT2D eigenvalue weighted by Crippen LogP contribution is -2.46. The minimum absolute atomic E-state index is 0.00497. The van der Waals surface area contributed by atoms with Gasteiger partial charge < -0.3 is 29.5 Å². The molecule has 8 heteroatoms. The normalized spacial score (nSPS) is 18.6. The molecule has 0 fully saturated rings. The second kappa shape index (κ2) is 8.87. The Labute approximate surface area is 152 Å². The van der Waals surface area contributed by atoms with Crippen LogP contribution in [0.3, 0.4) is 0 Å². The van der Waals surface area contributed by atoms with Gasteiger partial charge in [0.15, 0.2) is 16.6 Å². The summed E-state index contributed by atoms with van der Waals surface area (Å²) in [5, 5.41) is 13.0. The number of aliphatic hydroxyl groups excluding tert-OH is 1. The maximum Gasteiger partial charge on any atom is 0.325 e. The van der Waals surface area contributed by atoms with Gasteiger partial charge in [-0.2, -0.15) is 0 Å². The van der Waals surface area contributed by atoms with E-state index in [9.17, 15) is 9.90 Å². The number of carbonyl (C=O) groups is 1. The highest BCUT2D eigenvalue weighted by Gasteiger charge is 2.36. The third kappa shape index (κ3) is 4.32. The Kier molecular flexibility index (Phi) is 6.83. The number of hydrogen-bond donors (Lipinski definition) is 2. The van der Waals surface area contributed by atoms with E-state index < -0.39 is 0 Å². The quantitative estimate of drug-likeness (QED) is 0.571. The van der Waals surface area contributed by atoms with Crippen molar-refractivity contribution in [3.05, 3.63) is 23.8 Å². The predicted octanol–water partition coefficient (Wildman–Crippen LogP) is 1.11. The van der Waals surface area contributed by atoms with Crippen LogP contribution in [0.1, 0.15) is 18.5 Å². The molecule has 0 spiro atoms. The van der Waals surface area contributed by atoms with Gasteiger partial charge in [0.1, 0.15) is 6.54 Å². The molecule has 2 N–H and O–H groups in total. The van der Waals surface area contributed by atoms with E-state index in [1.807, 2.05) is 30.1 Å². The maximum atomic E-state index is 11.5. The Morgan fingerprint density at radius 1 is 1.52 bits per heavy atom. The number of hydrogen-bond acceptors (Lipinski definition) is 6. The summed E-state index contributed by atoms with van der Waals surface area (Å²) < 4.78 is 16.0. The molecule has 2 atom stereocenters. The van der Waals surface area contributed by atoms with Gasteiger partial charge in [-0.15, -0.1) is 0 Å². The van der Waals surface area contributed by atoms with Gasteiger partial charge in [0.25, 0.3) is 0 Å². The van der Waals surface area contributed by atoms with E-state index >= 15 is 0 Å². The van der Waals surface area contributed by atoms with Gasteiger partial charge in [0.2, 0.25) is 0 Å². The van der Waals surface area contributed by atoms with Crippen molar-refractivity contribution in [2.45, 2.75) is 13.0 Å². The number of para-hydroxylation sites is 1. The minimum atomic E-state index is -0.369. The van der Waals surface area contributed by atoms with E-state index in [0.717, 1.165) is 5.56 Å². The summed E-state index contributed by atoms with van der Waals surface area (Å²) in [6.07, 6.45) is 0. The van der Waals surface area contributed by atoms with Crippen LogP contribution >= 0.6 is 12.2 Å². The van der Waals surface area contributed by atoms with Crippen LogP contribution in [0, 0.1) is 5.92 Å². The maximum absolute atomic E-state index is 11.5. The number of fused-ring (bicyclic) bond motifs is 1. The molecule has 1 aliphatic heterocycles. The van der Waals surface area contributed by atoms with Crippen LogP contribution in [-0.2, 0) is 9.53 Å². The summed E-state index contributed by atoms with van der Waals surface area (Å²) in [5.74, 6) is 0.760. The molecular weight excluding hydrogens is 344 g/mol. The molecule has 1 aromatic rings. The van der Waals surface area contributed by atoms with Gasteiger partial charge in [-0.05, 0) is 25.2 Å². The van der Waals surface area contributed by atoms with Crippen molar-refractivity contribution in [2.24, 2.45) is 5.92 Å². The van der Waals surface area contributed by atoms with Crippen molar-refractivity contribution in [2.75, 3.05) is 40.5 Å². The monoisotopic (exact) mass is 368 g/mol. The lowest BCUT2D eigenvalue weighted by Gasteiger charge is -2.39. The van der Waals surface area contributed by atoms with Crippen molar-refractivity contribution in [3.63, 3.8) is 0 Å². The van der Waals surface area contributed by atoms with Gasteiger partial charge >= 0.3 is 5.97 Å². The molecule has 1 heterocycles. The molecule has 0 saturated carbocycles. The highest BCUT2D eigenvalue weighted by molar-refractivity contribution is 7.80.